The van der Waals surface area contributed by atoms with Gasteiger partial charge in [0.15, 0.2) is 11.0 Å². The van der Waals surface area contributed by atoms with Crippen LogP contribution < -0.4 is 10.2 Å². The number of benzene rings is 2. The topological polar surface area (TPSA) is 86.0 Å². The van der Waals surface area contributed by atoms with Gasteiger partial charge in [0.1, 0.15) is 23.9 Å². The van der Waals surface area contributed by atoms with Gasteiger partial charge in [-0.25, -0.2) is 4.39 Å². The number of halogens is 3. The molecule has 1 aliphatic carbocycles. The SMILES string of the molecule is O=c1cc(-c2cc(Br)c(F)cc2OCCO[C@H]2C[C@@H](C(=O)O)C2)oc2c(Cl)cccc12. The number of rotatable bonds is 7. The molecule has 0 unspecified atom stereocenters. The minimum atomic E-state index is -0.817. The first-order valence-corrected chi connectivity index (χ1v) is 10.7. The largest absolute Gasteiger partial charge is 0.490 e. The predicted octanol–water partition coefficient (Wildman–Crippen LogP) is 5.27. The molecule has 1 fully saturated rings. The minimum Gasteiger partial charge on any atom is -0.490 e. The van der Waals surface area contributed by atoms with Gasteiger partial charge in [0.2, 0.25) is 0 Å². The summed E-state index contributed by atoms with van der Waals surface area (Å²) in [7, 11) is 0. The lowest BCUT2D eigenvalue weighted by molar-refractivity contribution is -0.151. The molecule has 1 aromatic heterocycles. The van der Waals surface area contributed by atoms with Crippen LogP contribution in [-0.2, 0) is 9.53 Å². The molecule has 9 heteroatoms. The maximum absolute atomic E-state index is 14.2. The highest BCUT2D eigenvalue weighted by Gasteiger charge is 2.35. The number of carboxylic acids is 1. The van der Waals surface area contributed by atoms with Gasteiger partial charge in [-0.05, 0) is 47.0 Å². The molecule has 0 spiro atoms. The summed E-state index contributed by atoms with van der Waals surface area (Å²) in [6.07, 6.45) is 0.818. The third-order valence-corrected chi connectivity index (χ3v) is 6.04. The summed E-state index contributed by atoms with van der Waals surface area (Å²) < 4.78 is 31.5. The van der Waals surface area contributed by atoms with Crippen LogP contribution in [0, 0.1) is 11.7 Å². The highest BCUT2D eigenvalue weighted by atomic mass is 79.9. The summed E-state index contributed by atoms with van der Waals surface area (Å²) in [5.74, 6) is -1.35. The average Bonchev–Trinajstić information content (AvgIpc) is 2.69. The smallest absolute Gasteiger partial charge is 0.306 e. The molecule has 1 saturated carbocycles. The van der Waals surface area contributed by atoms with Gasteiger partial charge in [-0.2, -0.15) is 0 Å². The van der Waals surface area contributed by atoms with Gasteiger partial charge in [-0.3, -0.25) is 9.59 Å². The first-order chi connectivity index (χ1) is 14.8. The number of ether oxygens (including phenoxy) is 2. The number of hydrogen-bond donors (Lipinski definition) is 1. The van der Waals surface area contributed by atoms with Gasteiger partial charge in [-0.15, -0.1) is 0 Å². The highest BCUT2D eigenvalue weighted by molar-refractivity contribution is 9.10. The molecule has 31 heavy (non-hydrogen) atoms. The van der Waals surface area contributed by atoms with Crippen LogP contribution in [0.3, 0.4) is 0 Å². The van der Waals surface area contributed by atoms with Gasteiger partial charge in [0, 0.05) is 12.1 Å². The Morgan fingerprint density at radius 1 is 1.26 bits per heavy atom. The van der Waals surface area contributed by atoms with Gasteiger partial charge < -0.3 is 19.0 Å². The van der Waals surface area contributed by atoms with Crippen LogP contribution in [-0.4, -0.2) is 30.4 Å². The molecule has 0 amide bonds. The van der Waals surface area contributed by atoms with Crippen LogP contribution in [0.25, 0.3) is 22.3 Å². The Balaban J connectivity index is 1.54. The second kappa shape index (κ2) is 8.98. The fourth-order valence-electron chi connectivity index (χ4n) is 3.39. The van der Waals surface area contributed by atoms with E-state index in [1.807, 2.05) is 0 Å². The summed E-state index contributed by atoms with van der Waals surface area (Å²) in [6.45, 7) is 0.322. The van der Waals surface area contributed by atoms with E-state index in [0.29, 0.717) is 23.8 Å². The first-order valence-electron chi connectivity index (χ1n) is 9.52. The number of aliphatic carboxylic acids is 1. The van der Waals surface area contributed by atoms with Crippen molar-refractivity contribution in [2.45, 2.75) is 18.9 Å². The number of carbonyl (C=O) groups is 1. The highest BCUT2D eigenvalue weighted by Crippen LogP contribution is 2.36. The molecular formula is C22H17BrClFO6. The summed E-state index contributed by atoms with van der Waals surface area (Å²) in [6, 6.07) is 8.85. The molecule has 1 N–H and O–H groups in total. The zero-order valence-electron chi connectivity index (χ0n) is 16.1. The number of fused-ring (bicyclic) bond motifs is 1. The van der Waals surface area contributed by atoms with Crippen molar-refractivity contribution in [2.75, 3.05) is 13.2 Å². The van der Waals surface area contributed by atoms with Crippen LogP contribution in [0.15, 0.2) is 50.1 Å². The molecular weight excluding hydrogens is 495 g/mol. The minimum absolute atomic E-state index is 0.112. The van der Waals surface area contributed by atoms with E-state index < -0.39 is 11.8 Å². The van der Waals surface area contributed by atoms with Crippen molar-refractivity contribution in [3.63, 3.8) is 0 Å². The monoisotopic (exact) mass is 510 g/mol. The Bertz CT molecular complexity index is 1200. The summed E-state index contributed by atoms with van der Waals surface area (Å²) in [5.41, 5.74) is 0.326. The van der Waals surface area contributed by atoms with Crippen molar-refractivity contribution in [2.24, 2.45) is 5.92 Å². The first kappa shape index (κ1) is 21.8. The number of para-hydroxylation sites is 1. The van der Waals surface area contributed by atoms with Crippen molar-refractivity contribution >= 4 is 44.5 Å². The zero-order valence-corrected chi connectivity index (χ0v) is 18.4. The summed E-state index contributed by atoms with van der Waals surface area (Å²) in [4.78, 5) is 23.4. The van der Waals surface area contributed by atoms with Gasteiger partial charge >= 0.3 is 5.97 Å². The van der Waals surface area contributed by atoms with Crippen LogP contribution in [0.4, 0.5) is 4.39 Å². The van der Waals surface area contributed by atoms with Crippen molar-refractivity contribution in [1.82, 2.24) is 0 Å². The molecule has 2 aromatic carbocycles. The fourth-order valence-corrected chi connectivity index (χ4v) is 3.94. The van der Waals surface area contributed by atoms with Crippen molar-refractivity contribution in [3.05, 3.63) is 61.9 Å². The van der Waals surface area contributed by atoms with E-state index in [4.69, 9.17) is 30.6 Å². The van der Waals surface area contributed by atoms with E-state index in [-0.39, 0.29) is 57.3 Å². The molecule has 1 heterocycles. The van der Waals surface area contributed by atoms with E-state index in [9.17, 15) is 14.0 Å². The third kappa shape index (κ3) is 4.61. The van der Waals surface area contributed by atoms with Gasteiger partial charge in [0.25, 0.3) is 0 Å². The lowest BCUT2D eigenvalue weighted by atomic mass is 9.82. The van der Waals surface area contributed by atoms with Crippen molar-refractivity contribution < 1.29 is 28.2 Å². The molecule has 0 aliphatic heterocycles. The van der Waals surface area contributed by atoms with Gasteiger partial charge in [-0.1, -0.05) is 17.7 Å². The molecule has 0 bridgehead atoms. The molecule has 6 nitrogen and oxygen atoms in total. The van der Waals surface area contributed by atoms with Crippen LogP contribution in [0.1, 0.15) is 12.8 Å². The standard InChI is InChI=1S/C22H17BrClFO6/c23-15-8-14(20-10-18(26)13-2-1-3-16(24)21(13)31-20)19(9-17(15)25)30-5-4-29-12-6-11(7-12)22(27)28/h1-3,8-12H,4-7H2,(H,27,28)/t11-,12+. The molecule has 162 valence electrons. The molecule has 3 aromatic rings. The van der Waals surface area contributed by atoms with E-state index >= 15 is 0 Å². The average molecular weight is 512 g/mol. The fraction of sp³-hybridized carbons (Fsp3) is 0.273. The Morgan fingerprint density at radius 2 is 2.03 bits per heavy atom. The van der Waals surface area contributed by atoms with E-state index in [0.717, 1.165) is 0 Å². The van der Waals surface area contributed by atoms with Crippen molar-refractivity contribution in [1.29, 1.82) is 0 Å². The second-order valence-corrected chi connectivity index (χ2v) is 8.46. The molecule has 1 aliphatic rings. The Hall–Kier alpha value is -2.42. The predicted molar refractivity (Wildman–Crippen MR) is 116 cm³/mol. The third-order valence-electron chi connectivity index (χ3n) is 5.13. The lowest BCUT2D eigenvalue weighted by Gasteiger charge is -2.32. The molecule has 0 radical (unpaired) electrons. The second-order valence-electron chi connectivity index (χ2n) is 7.20. The van der Waals surface area contributed by atoms with E-state index in [2.05, 4.69) is 15.9 Å². The van der Waals surface area contributed by atoms with Crippen molar-refractivity contribution in [3.8, 4) is 17.1 Å². The maximum atomic E-state index is 14.2. The van der Waals surface area contributed by atoms with E-state index in [1.165, 1.54) is 18.2 Å². The molecule has 0 saturated heterocycles. The van der Waals surface area contributed by atoms with Crippen LogP contribution in [0.5, 0.6) is 5.75 Å². The molecule has 4 rings (SSSR count). The quantitative estimate of drug-likeness (QED) is 0.435. The zero-order chi connectivity index (χ0) is 22.1. The maximum Gasteiger partial charge on any atom is 0.306 e. The Morgan fingerprint density at radius 3 is 2.77 bits per heavy atom. The van der Waals surface area contributed by atoms with E-state index in [1.54, 1.807) is 18.2 Å². The normalized spacial score (nSPS) is 18.0. The number of carboxylic acid groups (broad SMARTS) is 1. The lowest BCUT2D eigenvalue weighted by Crippen LogP contribution is -2.37. The Kier molecular flexibility index (Phi) is 6.31. The number of hydrogen-bond acceptors (Lipinski definition) is 5. The molecule has 0 atom stereocenters. The summed E-state index contributed by atoms with van der Waals surface area (Å²) in [5, 5.41) is 9.53. The van der Waals surface area contributed by atoms with Crippen LogP contribution >= 0.6 is 27.5 Å². The van der Waals surface area contributed by atoms with Crippen LogP contribution in [0.2, 0.25) is 5.02 Å². The Labute approximate surface area is 189 Å². The summed E-state index contributed by atoms with van der Waals surface area (Å²) >= 11 is 9.33. The van der Waals surface area contributed by atoms with Gasteiger partial charge in [0.05, 0.1) is 39.1 Å².